The van der Waals surface area contributed by atoms with Crippen LogP contribution in [0.15, 0.2) is 72.8 Å². The van der Waals surface area contributed by atoms with Crippen molar-refractivity contribution < 1.29 is 77.9 Å². The molecule has 126 heavy (non-hydrogen) atoms. The summed E-state index contributed by atoms with van der Waals surface area (Å²) >= 11 is 0. The molecule has 0 atom stereocenters. The molecule has 2 aromatic rings. The molecule has 0 radical (unpaired) electrons. The summed E-state index contributed by atoms with van der Waals surface area (Å²) in [4.78, 5) is 80.4. The molecule has 1 aliphatic rings. The van der Waals surface area contributed by atoms with E-state index < -0.39 is 51.7 Å². The van der Waals surface area contributed by atoms with Gasteiger partial charge in [0, 0.05) is 69.4 Å². The van der Waals surface area contributed by atoms with Crippen LogP contribution in [0, 0.1) is 29.1 Å². The number of halogens is 7. The molecule has 0 aliphatic heterocycles. The average molecular weight is 1820 g/mol. The number of nitrogens with one attached hydrogen (secondary N) is 7. The maximum Gasteiger partial charge on any atom is 0.460 e. The zero-order valence-electron chi connectivity index (χ0n) is 84.6. The van der Waals surface area contributed by atoms with E-state index in [1.54, 1.807) is 0 Å². The van der Waals surface area contributed by atoms with Crippen molar-refractivity contribution in [2.24, 2.45) is 5.41 Å². The van der Waals surface area contributed by atoms with E-state index in [1.807, 2.05) is 184 Å². The lowest BCUT2D eigenvalue weighted by Crippen LogP contribution is -2.61. The molecule has 0 spiro atoms. The normalized spacial score (nSPS) is 12.7. The molecule has 2 aromatic carbocycles. The number of benzene rings is 2. The molecule has 7 N–H and O–H groups in total. The summed E-state index contributed by atoms with van der Waals surface area (Å²) in [6, 6.07) is 17.6. The van der Waals surface area contributed by atoms with E-state index in [-0.39, 0.29) is 86.8 Å². The second-order valence-corrected chi connectivity index (χ2v) is 51.8. The van der Waals surface area contributed by atoms with Crippen molar-refractivity contribution in [3.63, 3.8) is 0 Å². The number of hydrogen-bond donors (Lipinski definition) is 7. The largest absolute Gasteiger partial charge is 0.460 e. The second kappa shape index (κ2) is 59.2. The van der Waals surface area contributed by atoms with Gasteiger partial charge in [-0.2, -0.15) is 30.7 Å². The molecule has 17 nitrogen and oxygen atoms in total. The topological polar surface area (TPSA) is 231 Å². The molecule has 0 aromatic heterocycles. The lowest BCUT2D eigenvalue weighted by Gasteiger charge is -2.31. The standard InChI is InChI=1S/C22H41NO.C19H21NO2.C19H31NO.C12H29NO2Si2.C11H23NO.C9H19NO2.C8H10F7NO/c1-5-6-7-8-9-10-11-12-13-14-15-16-17-18-19-20-21(24)23-22(2,3)4;1-19(2,3)20-18(21)22-12-17-15-10-6-4-8-13(15)14-9-5-7-11-16(14)17;1-5-6-7-8-9-10-11-12-13-14-15-16-17-18(21)20-19(2,3)4;1-12(2,3)13-11(14)9-10-17(7,8)15-16(4,5)6;1-7-8-11(5,6)9(13)12-10(2,3)4;1-8(2,3)10-7(11)12-9(4,5)6;1-5(2,3)16-4(17)6(9,10)7(11,12)8(13,14)15/h9-10,12-13H,5-8,11,14-20H2,1-4H3,(H,23,24);4-11,17H,12H2,1-3H3,(H,20,21);5-12,17H2,1-4H3,(H,20,21);9-10H2,1-8H3,(H,13,14);7-8H2,1-6H3,(H,12,13);1-6H3,(H,10,11);1-3H3,(H,16,17)/b10-9-,13-12-;;;;;;. The predicted octanol–water partition coefficient (Wildman–Crippen LogP) is 26.6. The first-order chi connectivity index (χ1) is 57.1. The number of allylic oxidation sites excluding steroid dienone is 4. The van der Waals surface area contributed by atoms with Gasteiger partial charge in [0.25, 0.3) is 5.91 Å². The Morgan fingerprint density at radius 1 is 0.413 bits per heavy atom. The third-order valence-corrected chi connectivity index (χ3v) is 23.1. The number of alkyl carbamates (subject to hydrolysis) is 2. The van der Waals surface area contributed by atoms with E-state index in [2.05, 4.69) is 158 Å². The van der Waals surface area contributed by atoms with Crippen molar-refractivity contribution in [3.8, 4) is 34.8 Å². The van der Waals surface area contributed by atoms with Gasteiger partial charge in [0.2, 0.25) is 23.6 Å². The highest BCUT2D eigenvalue weighted by Crippen LogP contribution is 2.47. The van der Waals surface area contributed by atoms with Gasteiger partial charge in [-0.3, -0.25) is 24.0 Å². The Morgan fingerprint density at radius 3 is 1.21 bits per heavy atom. The molecule has 26 heteroatoms. The van der Waals surface area contributed by atoms with Crippen LogP contribution >= 0.6 is 0 Å². The number of fused-ring (bicyclic) bond motifs is 3. The molecular weight excluding hydrogens is 1650 g/mol. The van der Waals surface area contributed by atoms with E-state index in [1.165, 1.54) is 124 Å². The summed E-state index contributed by atoms with van der Waals surface area (Å²) in [5, 5.41) is 18.8. The lowest BCUT2D eigenvalue weighted by molar-refractivity contribution is -0.344. The minimum atomic E-state index is -6.51. The van der Waals surface area contributed by atoms with Crippen LogP contribution in [0.5, 0.6) is 0 Å². The Labute approximate surface area is 762 Å². The molecule has 0 unspecified atom stereocenters. The van der Waals surface area contributed by atoms with Crippen LogP contribution in [-0.4, -0.2) is 127 Å². The second-order valence-electron chi connectivity index (χ2n) is 42.8. The number of carbonyl (C=O) groups excluding carboxylic acids is 7. The highest BCUT2D eigenvalue weighted by atomic mass is 28.4. The third kappa shape index (κ3) is 70.8. The summed E-state index contributed by atoms with van der Waals surface area (Å²) < 4.78 is 102. The Bertz CT molecular complexity index is 3600. The van der Waals surface area contributed by atoms with Gasteiger partial charge in [0.15, 0.2) is 16.6 Å². The van der Waals surface area contributed by atoms with Crippen LogP contribution in [0.1, 0.15) is 372 Å². The molecule has 0 saturated carbocycles. The molecule has 726 valence electrons. The molecule has 3 rings (SSSR count). The summed E-state index contributed by atoms with van der Waals surface area (Å²) in [6.07, 6.45) is 28.9. The molecule has 0 saturated heterocycles. The van der Waals surface area contributed by atoms with Gasteiger partial charge in [-0.1, -0.05) is 196 Å². The van der Waals surface area contributed by atoms with E-state index in [9.17, 15) is 64.3 Å². The van der Waals surface area contributed by atoms with Crippen molar-refractivity contribution in [1.29, 1.82) is 0 Å². The molecular formula is C100H174F7N7O10Si2. The number of ether oxygens (including phenoxy) is 2. The van der Waals surface area contributed by atoms with E-state index in [4.69, 9.17) is 13.6 Å². The first-order valence-electron chi connectivity index (χ1n) is 45.6. The van der Waals surface area contributed by atoms with E-state index >= 15 is 0 Å². The molecule has 0 heterocycles. The van der Waals surface area contributed by atoms with Crippen LogP contribution in [0.25, 0.3) is 11.1 Å². The smallest absolute Gasteiger partial charge is 0.456 e. The van der Waals surface area contributed by atoms with Crippen molar-refractivity contribution >= 4 is 58.4 Å². The summed E-state index contributed by atoms with van der Waals surface area (Å²) in [5.74, 6) is -2.98. The first-order valence-corrected chi connectivity index (χ1v) is 52.1. The summed E-state index contributed by atoms with van der Waals surface area (Å²) in [7, 11) is -3.16. The quantitative estimate of drug-likeness (QED) is 0.0115. The molecule has 0 bridgehead atoms. The molecule has 0 fully saturated rings. The zero-order chi connectivity index (χ0) is 98.7. The zero-order valence-corrected chi connectivity index (χ0v) is 86.6. The Hall–Kier alpha value is -7.17. The number of alkyl halides is 7. The van der Waals surface area contributed by atoms with Crippen molar-refractivity contribution in [2.75, 3.05) is 6.61 Å². The SMILES string of the molecule is CC(C)(C)NC(=O)C(F)(F)C(F)(F)C(F)(F)F.CC(C)(C)NC(=O)CC[Si](C)(C)O[Si](C)(C)C.CC(C)(C)NC(=O)OC(C)(C)C.CC(C)(C)NC(=O)OCC1c2ccccc2-c2ccccc21.CCCC(C)(C)C(=O)NC(C)(C)C.CCCCC/C=C\C/C=C\CCCCCCCC(=O)NC(C)(C)C.CCCCCCCCCC#CC#CCC(=O)NC(C)(C)C. The maximum atomic E-state index is 12.7. The van der Waals surface area contributed by atoms with Gasteiger partial charge in [-0.25, -0.2) is 9.59 Å². The minimum Gasteiger partial charge on any atom is -0.456 e. The van der Waals surface area contributed by atoms with Crippen molar-refractivity contribution in [3.05, 3.63) is 84.0 Å². The van der Waals surface area contributed by atoms with Crippen LogP contribution in [0.3, 0.4) is 0 Å². The Balaban J connectivity index is -0.000000697. The fourth-order valence-electron chi connectivity index (χ4n) is 11.8. The van der Waals surface area contributed by atoms with Crippen LogP contribution in [0.4, 0.5) is 40.3 Å². The van der Waals surface area contributed by atoms with Crippen LogP contribution in [0.2, 0.25) is 38.8 Å². The highest BCUT2D eigenvalue weighted by Gasteiger charge is 2.76. The summed E-state index contributed by atoms with van der Waals surface area (Å²) in [5.41, 5.74) is 1.84. The number of carbonyl (C=O) groups is 7. The Morgan fingerprint density at radius 2 is 0.786 bits per heavy atom. The van der Waals surface area contributed by atoms with Crippen molar-refractivity contribution in [1.82, 2.24) is 37.2 Å². The Kier molecular flexibility index (Phi) is 58.8. The highest BCUT2D eigenvalue weighted by molar-refractivity contribution is 6.84. The summed E-state index contributed by atoms with van der Waals surface area (Å²) in [6.45, 7) is 66.5. The number of rotatable bonds is 34. The average Bonchev–Trinajstić information content (AvgIpc) is 1.13. The lowest BCUT2D eigenvalue weighted by atomic mass is 9.86. The predicted molar refractivity (Wildman–Crippen MR) is 515 cm³/mol. The first kappa shape index (κ1) is 125. The van der Waals surface area contributed by atoms with Gasteiger partial charge in [-0.05, 0) is 290 Å². The van der Waals surface area contributed by atoms with Gasteiger partial charge < -0.3 is 50.8 Å². The van der Waals surface area contributed by atoms with E-state index in [0.717, 1.165) is 65.3 Å². The fraction of sp³-hybridized carbons (Fsp3) is 0.730. The van der Waals surface area contributed by atoms with Crippen LogP contribution < -0.4 is 37.2 Å². The fourth-order valence-corrected chi connectivity index (χ4v) is 19.7. The van der Waals surface area contributed by atoms with Gasteiger partial charge >= 0.3 is 30.2 Å². The van der Waals surface area contributed by atoms with Gasteiger partial charge in [0.05, 0.1) is 6.42 Å². The van der Waals surface area contributed by atoms with E-state index in [0.29, 0.717) is 19.4 Å². The minimum absolute atomic E-state index is 0.0381. The number of unbranched alkanes of at least 4 members (excludes halogenated alkanes) is 15. The monoisotopic (exact) mass is 1820 g/mol. The molecule has 1 aliphatic carbocycles. The third-order valence-electron chi connectivity index (χ3n) is 17.0. The number of hydrogen-bond acceptors (Lipinski definition) is 10. The molecule has 7 amide bonds. The maximum absolute atomic E-state index is 12.7. The van der Waals surface area contributed by atoms with Crippen LogP contribution in [-0.2, 0) is 37.6 Å². The van der Waals surface area contributed by atoms with Crippen molar-refractivity contribution in [2.45, 2.75) is 462 Å². The number of amides is 7. The van der Waals surface area contributed by atoms with Gasteiger partial charge in [-0.15, -0.1) is 0 Å². The van der Waals surface area contributed by atoms with Gasteiger partial charge in [0.1, 0.15) is 12.2 Å².